The van der Waals surface area contributed by atoms with Crippen molar-refractivity contribution in [1.29, 1.82) is 0 Å². The average molecular weight is 259 g/mol. The van der Waals surface area contributed by atoms with Gasteiger partial charge in [-0.05, 0) is 18.2 Å². The Labute approximate surface area is 110 Å². The molecule has 98 valence electrons. The van der Waals surface area contributed by atoms with E-state index in [2.05, 4.69) is 15.3 Å². The minimum absolute atomic E-state index is 0.221. The first-order valence-electron chi connectivity index (χ1n) is 5.61. The number of carboxylic acids is 1. The minimum atomic E-state index is -0.964. The van der Waals surface area contributed by atoms with Crippen LogP contribution in [0.5, 0.6) is 5.88 Å². The van der Waals surface area contributed by atoms with Crippen LogP contribution < -0.4 is 10.1 Å². The number of methoxy groups -OCH3 is 1. The highest BCUT2D eigenvalue weighted by atomic mass is 16.5. The molecule has 6 nitrogen and oxygen atoms in total. The van der Waals surface area contributed by atoms with E-state index in [4.69, 9.17) is 9.84 Å². The van der Waals surface area contributed by atoms with E-state index in [1.54, 1.807) is 25.4 Å². The fourth-order valence-electron chi connectivity index (χ4n) is 1.53. The molecule has 0 saturated carbocycles. The van der Waals surface area contributed by atoms with Gasteiger partial charge in [0.05, 0.1) is 24.9 Å². The third-order valence-corrected chi connectivity index (χ3v) is 2.48. The molecule has 2 aromatic rings. The highest BCUT2D eigenvalue weighted by Crippen LogP contribution is 2.14. The first-order chi connectivity index (χ1) is 9.19. The van der Waals surface area contributed by atoms with Gasteiger partial charge in [0.1, 0.15) is 0 Å². The lowest BCUT2D eigenvalue weighted by Crippen LogP contribution is -2.04. The Bertz CT molecular complexity index is 587. The molecular weight excluding hydrogens is 246 g/mol. The number of hydrogen-bond acceptors (Lipinski definition) is 5. The Kier molecular flexibility index (Phi) is 3.92. The Hall–Kier alpha value is -2.63. The zero-order valence-electron chi connectivity index (χ0n) is 10.3. The molecule has 2 aromatic heterocycles. The molecular formula is C13H13N3O3. The monoisotopic (exact) mass is 259 g/mol. The van der Waals surface area contributed by atoms with E-state index in [1.165, 1.54) is 18.3 Å². The van der Waals surface area contributed by atoms with Crippen molar-refractivity contribution in [2.75, 3.05) is 12.4 Å². The van der Waals surface area contributed by atoms with Gasteiger partial charge in [-0.2, -0.15) is 0 Å². The van der Waals surface area contributed by atoms with Crippen LogP contribution in [0, 0.1) is 0 Å². The van der Waals surface area contributed by atoms with Crippen LogP contribution in [0.4, 0.5) is 5.69 Å². The molecule has 19 heavy (non-hydrogen) atoms. The van der Waals surface area contributed by atoms with Gasteiger partial charge in [-0.15, -0.1) is 0 Å². The number of carboxylic acid groups (broad SMARTS) is 1. The van der Waals surface area contributed by atoms with Gasteiger partial charge in [0.2, 0.25) is 5.88 Å². The molecule has 0 radical (unpaired) electrons. The summed E-state index contributed by atoms with van der Waals surface area (Å²) in [5.74, 6) is -0.452. The van der Waals surface area contributed by atoms with Gasteiger partial charge in [0.15, 0.2) is 0 Å². The van der Waals surface area contributed by atoms with Gasteiger partial charge >= 0.3 is 5.97 Å². The Balaban J connectivity index is 2.05. The molecule has 2 N–H and O–H groups in total. The summed E-state index contributed by atoms with van der Waals surface area (Å²) in [6.07, 6.45) is 3.11. The minimum Gasteiger partial charge on any atom is -0.481 e. The van der Waals surface area contributed by atoms with Gasteiger partial charge in [0, 0.05) is 24.1 Å². The first kappa shape index (κ1) is 12.8. The molecule has 0 saturated heterocycles. The first-order valence-corrected chi connectivity index (χ1v) is 5.61. The van der Waals surface area contributed by atoms with E-state index < -0.39 is 5.97 Å². The smallest absolute Gasteiger partial charge is 0.335 e. The van der Waals surface area contributed by atoms with Crippen molar-refractivity contribution in [3.8, 4) is 5.88 Å². The lowest BCUT2D eigenvalue weighted by Gasteiger charge is -2.07. The van der Waals surface area contributed by atoms with Crippen LogP contribution in [0.15, 0.2) is 36.7 Å². The highest BCUT2D eigenvalue weighted by Gasteiger charge is 2.04. The fraction of sp³-hybridized carbons (Fsp3) is 0.154. The number of rotatable bonds is 5. The fourth-order valence-corrected chi connectivity index (χ4v) is 1.53. The van der Waals surface area contributed by atoms with Crippen LogP contribution in [0.25, 0.3) is 0 Å². The molecule has 6 heteroatoms. The van der Waals surface area contributed by atoms with Crippen LogP contribution in [-0.4, -0.2) is 28.2 Å². The van der Waals surface area contributed by atoms with Gasteiger partial charge in [0.25, 0.3) is 0 Å². The largest absolute Gasteiger partial charge is 0.481 e. The standard InChI is InChI=1S/C13H13N3O3/c1-19-12-7-10(3-5-15-12)16-8-11-6-9(13(17)18)2-4-14-11/h2-7H,8H2,1H3,(H,15,16)(H,17,18). The van der Waals surface area contributed by atoms with Gasteiger partial charge in [-0.3, -0.25) is 4.98 Å². The van der Waals surface area contributed by atoms with Crippen LogP contribution in [-0.2, 0) is 6.54 Å². The molecule has 2 rings (SSSR count). The molecule has 0 amide bonds. The number of nitrogens with zero attached hydrogens (tertiary/aromatic N) is 2. The van der Waals surface area contributed by atoms with E-state index in [-0.39, 0.29) is 5.56 Å². The second kappa shape index (κ2) is 5.81. The Morgan fingerprint density at radius 1 is 1.32 bits per heavy atom. The Morgan fingerprint density at radius 2 is 2.11 bits per heavy atom. The third kappa shape index (κ3) is 3.41. The van der Waals surface area contributed by atoms with Crippen molar-refractivity contribution in [2.24, 2.45) is 0 Å². The number of carbonyl (C=O) groups is 1. The van der Waals surface area contributed by atoms with Crippen LogP contribution >= 0.6 is 0 Å². The molecule has 2 heterocycles. The summed E-state index contributed by atoms with van der Waals surface area (Å²) in [7, 11) is 1.55. The topological polar surface area (TPSA) is 84.3 Å². The maximum atomic E-state index is 10.8. The summed E-state index contributed by atoms with van der Waals surface area (Å²) in [6.45, 7) is 0.425. The van der Waals surface area contributed by atoms with Crippen LogP contribution in [0.2, 0.25) is 0 Å². The van der Waals surface area contributed by atoms with E-state index in [0.717, 1.165) is 5.69 Å². The highest BCUT2D eigenvalue weighted by molar-refractivity contribution is 5.87. The van der Waals surface area contributed by atoms with Crippen molar-refractivity contribution >= 4 is 11.7 Å². The second-order valence-corrected chi connectivity index (χ2v) is 3.78. The molecule has 0 aliphatic heterocycles. The summed E-state index contributed by atoms with van der Waals surface area (Å²) in [5.41, 5.74) is 1.70. The molecule has 0 spiro atoms. The van der Waals surface area contributed by atoms with E-state index in [0.29, 0.717) is 18.1 Å². The lowest BCUT2D eigenvalue weighted by molar-refractivity contribution is 0.0696. The molecule has 0 aromatic carbocycles. The zero-order chi connectivity index (χ0) is 13.7. The Morgan fingerprint density at radius 3 is 2.84 bits per heavy atom. The molecule has 0 aliphatic carbocycles. The summed E-state index contributed by atoms with van der Waals surface area (Å²) in [5, 5.41) is 12.0. The van der Waals surface area contributed by atoms with Crippen molar-refractivity contribution in [2.45, 2.75) is 6.54 Å². The third-order valence-electron chi connectivity index (χ3n) is 2.48. The number of nitrogens with one attached hydrogen (secondary N) is 1. The number of pyridine rings is 2. The number of aromatic carboxylic acids is 1. The maximum absolute atomic E-state index is 10.8. The normalized spacial score (nSPS) is 9.95. The molecule has 0 bridgehead atoms. The van der Waals surface area contributed by atoms with E-state index in [9.17, 15) is 4.79 Å². The van der Waals surface area contributed by atoms with Crippen molar-refractivity contribution < 1.29 is 14.6 Å². The number of hydrogen-bond donors (Lipinski definition) is 2. The number of aromatic nitrogens is 2. The number of anilines is 1. The summed E-state index contributed by atoms with van der Waals surface area (Å²) < 4.78 is 5.01. The molecule has 0 unspecified atom stereocenters. The maximum Gasteiger partial charge on any atom is 0.335 e. The van der Waals surface area contributed by atoms with Crippen LogP contribution in [0.1, 0.15) is 16.1 Å². The second-order valence-electron chi connectivity index (χ2n) is 3.78. The molecule has 0 aliphatic rings. The summed E-state index contributed by atoms with van der Waals surface area (Å²) in [4.78, 5) is 18.9. The van der Waals surface area contributed by atoms with Gasteiger partial charge in [-0.1, -0.05) is 0 Å². The quantitative estimate of drug-likeness (QED) is 0.851. The number of ether oxygens (including phenoxy) is 1. The van der Waals surface area contributed by atoms with Gasteiger partial charge < -0.3 is 15.2 Å². The zero-order valence-corrected chi connectivity index (χ0v) is 10.3. The molecule has 0 atom stereocenters. The summed E-state index contributed by atoms with van der Waals surface area (Å²) in [6, 6.07) is 6.54. The van der Waals surface area contributed by atoms with E-state index in [1.807, 2.05) is 0 Å². The summed E-state index contributed by atoms with van der Waals surface area (Å²) >= 11 is 0. The van der Waals surface area contributed by atoms with Crippen molar-refractivity contribution in [3.05, 3.63) is 47.9 Å². The van der Waals surface area contributed by atoms with Crippen LogP contribution in [0.3, 0.4) is 0 Å². The van der Waals surface area contributed by atoms with Crippen molar-refractivity contribution in [3.63, 3.8) is 0 Å². The van der Waals surface area contributed by atoms with Crippen molar-refractivity contribution in [1.82, 2.24) is 9.97 Å². The lowest BCUT2D eigenvalue weighted by atomic mass is 10.2. The predicted octanol–water partition coefficient (Wildman–Crippen LogP) is 1.80. The SMILES string of the molecule is COc1cc(NCc2cc(C(=O)O)ccn2)ccn1. The predicted molar refractivity (Wildman–Crippen MR) is 69.3 cm³/mol. The van der Waals surface area contributed by atoms with E-state index >= 15 is 0 Å². The van der Waals surface area contributed by atoms with Gasteiger partial charge in [-0.25, -0.2) is 9.78 Å². The average Bonchev–Trinajstić information content (AvgIpc) is 2.45. The molecule has 0 fully saturated rings.